The van der Waals surface area contributed by atoms with E-state index in [1.54, 1.807) is 0 Å². The minimum absolute atomic E-state index is 0.173. The van der Waals surface area contributed by atoms with Crippen LogP contribution in [0.1, 0.15) is 12.8 Å². The lowest BCUT2D eigenvalue weighted by Crippen LogP contribution is -2.48. The van der Waals surface area contributed by atoms with E-state index in [4.69, 9.17) is 10.0 Å². The van der Waals surface area contributed by atoms with Crippen molar-refractivity contribution >= 4 is 7.12 Å². The summed E-state index contributed by atoms with van der Waals surface area (Å²) in [6.45, 7) is 0.173. The molecule has 2 atom stereocenters. The van der Waals surface area contributed by atoms with Gasteiger partial charge in [0.2, 0.25) is 0 Å². The van der Waals surface area contributed by atoms with Gasteiger partial charge in [-0.25, -0.2) is 0 Å². The Balaban J connectivity index is 2.52. The van der Waals surface area contributed by atoms with Crippen molar-refractivity contribution in [3.63, 3.8) is 0 Å². The average Bonchev–Trinajstić information content (AvgIpc) is 2.03. The number of nitrogens with one attached hydrogen (secondary N) is 1. The molecular weight excluding hydrogens is 186 g/mol. The molecule has 0 unspecified atom stereocenters. The summed E-state index contributed by atoms with van der Waals surface area (Å²) < 4.78 is 36.5. The van der Waals surface area contributed by atoms with Crippen molar-refractivity contribution in [3.05, 3.63) is 0 Å². The molecule has 0 spiro atoms. The summed E-state index contributed by atoms with van der Waals surface area (Å²) >= 11 is 0. The predicted octanol–water partition coefficient (Wildman–Crippen LogP) is 0.144. The first-order chi connectivity index (χ1) is 5.91. The Bertz CT molecular complexity index is 176. The van der Waals surface area contributed by atoms with Crippen LogP contribution >= 0.6 is 0 Å². The summed E-state index contributed by atoms with van der Waals surface area (Å²) in [6.07, 6.45) is -4.20. The van der Waals surface area contributed by atoms with E-state index in [0.717, 1.165) is 0 Å². The molecule has 0 bridgehead atoms. The topological polar surface area (TPSA) is 52.5 Å². The first kappa shape index (κ1) is 10.8. The first-order valence-electron chi connectivity index (χ1n) is 4.07. The highest BCUT2D eigenvalue weighted by Gasteiger charge is 2.44. The molecule has 1 aliphatic heterocycles. The highest BCUT2D eigenvalue weighted by molar-refractivity contribution is 6.43. The van der Waals surface area contributed by atoms with Gasteiger partial charge in [-0.1, -0.05) is 0 Å². The molecule has 1 heterocycles. The van der Waals surface area contributed by atoms with Crippen molar-refractivity contribution in [2.24, 2.45) is 0 Å². The molecule has 0 aliphatic carbocycles. The molecule has 0 aromatic heterocycles. The van der Waals surface area contributed by atoms with Crippen LogP contribution in [0.3, 0.4) is 0 Å². The SMILES string of the molecule is OB(O)[C@H]1CCN[C@H](C(F)(F)F)C1. The summed E-state index contributed by atoms with van der Waals surface area (Å²) in [4.78, 5) is 0. The van der Waals surface area contributed by atoms with E-state index in [1.165, 1.54) is 0 Å². The number of alkyl halides is 3. The number of halogens is 3. The zero-order chi connectivity index (χ0) is 10.1. The smallest absolute Gasteiger partial charge is 0.427 e. The van der Waals surface area contributed by atoms with Crippen molar-refractivity contribution in [2.45, 2.75) is 30.9 Å². The van der Waals surface area contributed by atoms with E-state index >= 15 is 0 Å². The molecule has 76 valence electrons. The fraction of sp³-hybridized carbons (Fsp3) is 1.00. The van der Waals surface area contributed by atoms with Crippen LogP contribution in [-0.2, 0) is 0 Å². The van der Waals surface area contributed by atoms with Crippen molar-refractivity contribution in [3.8, 4) is 0 Å². The van der Waals surface area contributed by atoms with Gasteiger partial charge >= 0.3 is 13.3 Å². The Morgan fingerprint density at radius 2 is 1.92 bits per heavy atom. The average molecular weight is 197 g/mol. The largest absolute Gasteiger partial charge is 0.454 e. The van der Waals surface area contributed by atoms with Crippen LogP contribution in [0.15, 0.2) is 0 Å². The summed E-state index contributed by atoms with van der Waals surface area (Å²) in [6, 6.07) is -1.60. The molecular formula is C6H11BF3NO2. The molecule has 0 aromatic carbocycles. The summed E-state index contributed by atoms with van der Waals surface area (Å²) in [7, 11) is -1.65. The molecule has 0 saturated carbocycles. The Morgan fingerprint density at radius 1 is 1.31 bits per heavy atom. The highest BCUT2D eigenvalue weighted by Crippen LogP contribution is 2.32. The normalized spacial score (nSPS) is 30.2. The molecule has 13 heavy (non-hydrogen) atoms. The highest BCUT2D eigenvalue weighted by atomic mass is 19.4. The molecule has 1 fully saturated rings. The molecule has 0 amide bonds. The quantitative estimate of drug-likeness (QED) is 0.524. The molecule has 7 heteroatoms. The Labute approximate surface area is 74.1 Å². The maximum Gasteiger partial charge on any atom is 0.454 e. The second-order valence-electron chi connectivity index (χ2n) is 3.25. The predicted molar refractivity (Wildman–Crippen MR) is 41.0 cm³/mol. The van der Waals surface area contributed by atoms with Gasteiger partial charge in [0, 0.05) is 0 Å². The molecule has 1 rings (SSSR count). The Kier molecular flexibility index (Phi) is 3.20. The van der Waals surface area contributed by atoms with Gasteiger partial charge in [0.1, 0.15) is 6.04 Å². The zero-order valence-corrected chi connectivity index (χ0v) is 6.88. The van der Waals surface area contributed by atoms with Crippen LogP contribution in [0.5, 0.6) is 0 Å². The van der Waals surface area contributed by atoms with Gasteiger partial charge in [-0.15, -0.1) is 0 Å². The van der Waals surface area contributed by atoms with E-state index in [0.29, 0.717) is 6.42 Å². The van der Waals surface area contributed by atoms with E-state index < -0.39 is 25.2 Å². The number of hydrogen-bond acceptors (Lipinski definition) is 3. The molecule has 0 radical (unpaired) electrons. The van der Waals surface area contributed by atoms with E-state index in [-0.39, 0.29) is 13.0 Å². The molecule has 3 nitrogen and oxygen atoms in total. The van der Waals surface area contributed by atoms with Gasteiger partial charge in [0.05, 0.1) is 0 Å². The number of hydrogen-bond donors (Lipinski definition) is 3. The van der Waals surface area contributed by atoms with Crippen molar-refractivity contribution in [1.29, 1.82) is 0 Å². The monoisotopic (exact) mass is 197 g/mol. The van der Waals surface area contributed by atoms with Crippen LogP contribution in [-0.4, -0.2) is 35.9 Å². The van der Waals surface area contributed by atoms with Crippen LogP contribution < -0.4 is 5.32 Å². The third kappa shape index (κ3) is 2.86. The van der Waals surface area contributed by atoms with Crippen LogP contribution in [0.25, 0.3) is 0 Å². The molecule has 1 aliphatic rings. The fourth-order valence-corrected chi connectivity index (χ4v) is 1.47. The van der Waals surface area contributed by atoms with Gasteiger partial charge in [0.25, 0.3) is 0 Å². The van der Waals surface area contributed by atoms with Gasteiger partial charge in [0.15, 0.2) is 0 Å². The standard InChI is InChI=1S/C6H11BF3NO2/c8-6(9,10)5-3-4(7(12)13)1-2-11-5/h4-5,11-13H,1-3H2/t4-,5-/m0/s1. The van der Waals surface area contributed by atoms with Crippen molar-refractivity contribution in [2.75, 3.05) is 6.54 Å². The molecule has 1 saturated heterocycles. The zero-order valence-electron chi connectivity index (χ0n) is 6.88. The van der Waals surface area contributed by atoms with Gasteiger partial charge < -0.3 is 15.4 Å². The van der Waals surface area contributed by atoms with Gasteiger partial charge in [-0.05, 0) is 25.2 Å². The third-order valence-corrected chi connectivity index (χ3v) is 2.26. The summed E-state index contributed by atoms with van der Waals surface area (Å²) in [5, 5.41) is 19.7. The maximum atomic E-state index is 12.2. The van der Waals surface area contributed by atoms with Crippen molar-refractivity contribution in [1.82, 2.24) is 5.32 Å². The number of rotatable bonds is 1. The van der Waals surface area contributed by atoms with Crippen molar-refractivity contribution < 1.29 is 23.2 Å². The van der Waals surface area contributed by atoms with Crippen LogP contribution in [0.4, 0.5) is 13.2 Å². The summed E-state index contributed by atoms with van der Waals surface area (Å²) in [5.41, 5.74) is 0. The lowest BCUT2D eigenvalue weighted by molar-refractivity contribution is -0.160. The maximum absolute atomic E-state index is 12.2. The lowest BCUT2D eigenvalue weighted by atomic mass is 9.66. The fourth-order valence-electron chi connectivity index (χ4n) is 1.47. The molecule has 0 aromatic rings. The van der Waals surface area contributed by atoms with Gasteiger partial charge in [-0.3, -0.25) is 0 Å². The Hall–Kier alpha value is -0.265. The first-order valence-corrected chi connectivity index (χ1v) is 4.07. The van der Waals surface area contributed by atoms with Crippen LogP contribution in [0.2, 0.25) is 5.82 Å². The number of piperidine rings is 1. The second-order valence-corrected chi connectivity index (χ2v) is 3.25. The van der Waals surface area contributed by atoms with E-state index in [9.17, 15) is 13.2 Å². The van der Waals surface area contributed by atoms with E-state index in [1.807, 2.05) is 0 Å². The Morgan fingerprint density at radius 3 is 2.38 bits per heavy atom. The minimum Gasteiger partial charge on any atom is -0.427 e. The third-order valence-electron chi connectivity index (χ3n) is 2.26. The van der Waals surface area contributed by atoms with E-state index in [2.05, 4.69) is 5.32 Å². The van der Waals surface area contributed by atoms with Crippen LogP contribution in [0, 0.1) is 0 Å². The summed E-state index contributed by atoms with van der Waals surface area (Å²) in [5.74, 6) is -0.673. The van der Waals surface area contributed by atoms with Gasteiger partial charge in [-0.2, -0.15) is 13.2 Å². The minimum atomic E-state index is -4.30. The molecule has 3 N–H and O–H groups in total. The lowest BCUT2D eigenvalue weighted by Gasteiger charge is -2.31. The second kappa shape index (κ2) is 3.85.